The van der Waals surface area contributed by atoms with Crippen LogP contribution in [0.15, 0.2) is 30.3 Å². The zero-order valence-corrected chi connectivity index (χ0v) is 11.6. The molecule has 1 atom stereocenters. The molecule has 3 rings (SSSR count). The number of hydrogen-bond donors (Lipinski definition) is 0. The van der Waals surface area contributed by atoms with Crippen LogP contribution < -0.4 is 0 Å². The van der Waals surface area contributed by atoms with E-state index in [1.165, 1.54) is 24.9 Å². The molecule has 0 radical (unpaired) electrons. The lowest BCUT2D eigenvalue weighted by molar-refractivity contribution is -0.132. The Labute approximate surface area is 115 Å². The van der Waals surface area contributed by atoms with Crippen molar-refractivity contribution in [1.29, 1.82) is 0 Å². The topological polar surface area (TPSA) is 23.6 Å². The molecule has 3 heteroatoms. The summed E-state index contributed by atoms with van der Waals surface area (Å²) in [6.07, 6.45) is 2.77. The van der Waals surface area contributed by atoms with Crippen LogP contribution in [-0.2, 0) is 4.79 Å². The number of amides is 1. The van der Waals surface area contributed by atoms with Gasteiger partial charge in [0.2, 0.25) is 5.91 Å². The molecule has 0 bridgehead atoms. The smallest absolute Gasteiger partial charge is 0.219 e. The first-order valence-electron chi connectivity index (χ1n) is 7.28. The van der Waals surface area contributed by atoms with Gasteiger partial charge in [0, 0.05) is 33.1 Å². The van der Waals surface area contributed by atoms with Crippen molar-refractivity contribution in [2.75, 3.05) is 26.2 Å². The molecule has 1 aromatic rings. The van der Waals surface area contributed by atoms with E-state index in [0.717, 1.165) is 25.6 Å². The molecule has 1 aliphatic carbocycles. The van der Waals surface area contributed by atoms with Crippen LogP contribution in [0.1, 0.15) is 31.4 Å². The van der Waals surface area contributed by atoms with E-state index >= 15 is 0 Å². The van der Waals surface area contributed by atoms with Crippen LogP contribution in [0.3, 0.4) is 0 Å². The summed E-state index contributed by atoms with van der Waals surface area (Å²) in [5.41, 5.74) is 1.34. The predicted molar refractivity (Wildman–Crippen MR) is 75.7 cm³/mol. The minimum absolute atomic E-state index is 0.201. The van der Waals surface area contributed by atoms with Crippen LogP contribution in [0.25, 0.3) is 0 Å². The first kappa shape index (κ1) is 12.7. The fourth-order valence-electron chi connectivity index (χ4n) is 2.95. The standard InChI is InChI=1S/C16H22N2O/c1-13(19)17-9-10-18(11-14-7-8-14)16(12-17)15-5-3-2-4-6-15/h2-6,14,16H,7-12H2,1H3/t16-/m1/s1. The molecule has 0 N–H and O–H groups in total. The van der Waals surface area contributed by atoms with Crippen molar-refractivity contribution in [3.8, 4) is 0 Å². The van der Waals surface area contributed by atoms with Gasteiger partial charge in [-0.15, -0.1) is 0 Å². The minimum atomic E-state index is 0.201. The minimum Gasteiger partial charge on any atom is -0.340 e. The van der Waals surface area contributed by atoms with E-state index in [1.54, 1.807) is 6.92 Å². The quantitative estimate of drug-likeness (QED) is 0.830. The highest BCUT2D eigenvalue weighted by molar-refractivity contribution is 5.73. The molecule has 1 saturated carbocycles. The van der Waals surface area contributed by atoms with Crippen LogP contribution in [0, 0.1) is 5.92 Å². The number of nitrogens with zero attached hydrogens (tertiary/aromatic N) is 2. The van der Waals surface area contributed by atoms with E-state index in [4.69, 9.17) is 0 Å². The van der Waals surface area contributed by atoms with Crippen molar-refractivity contribution < 1.29 is 4.79 Å². The maximum absolute atomic E-state index is 11.6. The lowest BCUT2D eigenvalue weighted by Gasteiger charge is -2.41. The van der Waals surface area contributed by atoms with Crippen molar-refractivity contribution in [2.24, 2.45) is 5.92 Å². The lowest BCUT2D eigenvalue weighted by Crippen LogP contribution is -2.50. The normalized spacial score (nSPS) is 24.5. The molecule has 3 nitrogen and oxygen atoms in total. The zero-order chi connectivity index (χ0) is 13.2. The Morgan fingerprint density at radius 1 is 1.21 bits per heavy atom. The van der Waals surface area contributed by atoms with Gasteiger partial charge in [0.05, 0.1) is 6.04 Å². The summed E-state index contributed by atoms with van der Waals surface area (Å²) in [7, 11) is 0. The molecule has 102 valence electrons. The van der Waals surface area contributed by atoms with Gasteiger partial charge in [-0.1, -0.05) is 30.3 Å². The second-order valence-electron chi connectivity index (χ2n) is 5.83. The maximum Gasteiger partial charge on any atom is 0.219 e. The number of piperazine rings is 1. The van der Waals surface area contributed by atoms with Crippen molar-refractivity contribution in [2.45, 2.75) is 25.8 Å². The van der Waals surface area contributed by atoms with Crippen LogP contribution in [0.2, 0.25) is 0 Å². The lowest BCUT2D eigenvalue weighted by atomic mass is 10.0. The number of benzene rings is 1. The molecule has 19 heavy (non-hydrogen) atoms. The third kappa shape index (κ3) is 2.98. The largest absolute Gasteiger partial charge is 0.340 e. The Morgan fingerprint density at radius 3 is 2.58 bits per heavy atom. The van der Waals surface area contributed by atoms with Crippen molar-refractivity contribution in [1.82, 2.24) is 9.80 Å². The summed E-state index contributed by atoms with van der Waals surface area (Å²) in [4.78, 5) is 16.2. The van der Waals surface area contributed by atoms with Crippen LogP contribution in [0.4, 0.5) is 0 Å². The van der Waals surface area contributed by atoms with Gasteiger partial charge < -0.3 is 4.90 Å². The highest BCUT2D eigenvalue weighted by Gasteiger charge is 2.33. The highest BCUT2D eigenvalue weighted by atomic mass is 16.2. The highest BCUT2D eigenvalue weighted by Crippen LogP contribution is 2.34. The Bertz CT molecular complexity index is 441. The monoisotopic (exact) mass is 258 g/mol. The third-order valence-corrected chi connectivity index (χ3v) is 4.31. The SMILES string of the molecule is CC(=O)N1CCN(CC2CC2)[C@@H](c2ccccc2)C1. The van der Waals surface area contributed by atoms with Gasteiger partial charge in [-0.05, 0) is 24.3 Å². The Hall–Kier alpha value is -1.35. The van der Waals surface area contributed by atoms with Gasteiger partial charge in [0.1, 0.15) is 0 Å². The average molecular weight is 258 g/mol. The fourth-order valence-corrected chi connectivity index (χ4v) is 2.95. The van der Waals surface area contributed by atoms with Crippen molar-refractivity contribution in [3.05, 3.63) is 35.9 Å². The van der Waals surface area contributed by atoms with Crippen LogP contribution in [0.5, 0.6) is 0 Å². The first-order valence-corrected chi connectivity index (χ1v) is 7.28. The average Bonchev–Trinajstić information content (AvgIpc) is 3.24. The number of hydrogen-bond acceptors (Lipinski definition) is 2. The van der Waals surface area contributed by atoms with E-state index in [1.807, 2.05) is 4.90 Å². The van der Waals surface area contributed by atoms with Gasteiger partial charge in [-0.25, -0.2) is 0 Å². The van der Waals surface area contributed by atoms with Gasteiger partial charge >= 0.3 is 0 Å². The molecular formula is C16H22N2O. The van der Waals surface area contributed by atoms with E-state index in [0.29, 0.717) is 6.04 Å². The summed E-state index contributed by atoms with van der Waals surface area (Å²) in [5.74, 6) is 1.10. The summed E-state index contributed by atoms with van der Waals surface area (Å²) < 4.78 is 0. The first-order chi connectivity index (χ1) is 9.24. The van der Waals surface area contributed by atoms with Gasteiger partial charge in [-0.2, -0.15) is 0 Å². The number of carbonyl (C=O) groups is 1. The van der Waals surface area contributed by atoms with Gasteiger partial charge in [0.25, 0.3) is 0 Å². The molecule has 1 heterocycles. The molecule has 1 saturated heterocycles. The van der Waals surface area contributed by atoms with E-state index in [-0.39, 0.29) is 5.91 Å². The summed E-state index contributed by atoms with van der Waals surface area (Å²) in [6, 6.07) is 11.0. The number of carbonyl (C=O) groups excluding carboxylic acids is 1. The Balaban J connectivity index is 1.77. The second kappa shape index (κ2) is 5.33. The zero-order valence-electron chi connectivity index (χ0n) is 11.6. The van der Waals surface area contributed by atoms with E-state index < -0.39 is 0 Å². The van der Waals surface area contributed by atoms with Crippen molar-refractivity contribution in [3.63, 3.8) is 0 Å². The molecular weight excluding hydrogens is 236 g/mol. The summed E-state index contributed by atoms with van der Waals surface area (Å²) in [6.45, 7) is 5.61. The van der Waals surface area contributed by atoms with Gasteiger partial charge in [0.15, 0.2) is 0 Å². The summed E-state index contributed by atoms with van der Waals surface area (Å²) >= 11 is 0. The molecule has 1 aromatic carbocycles. The molecule has 2 fully saturated rings. The maximum atomic E-state index is 11.6. The Kier molecular flexibility index (Phi) is 3.56. The third-order valence-electron chi connectivity index (χ3n) is 4.31. The number of rotatable bonds is 3. The molecule has 0 aromatic heterocycles. The molecule has 0 spiro atoms. The molecule has 1 aliphatic heterocycles. The van der Waals surface area contributed by atoms with E-state index in [2.05, 4.69) is 35.2 Å². The van der Waals surface area contributed by atoms with Crippen LogP contribution in [-0.4, -0.2) is 41.9 Å². The molecule has 2 aliphatic rings. The second-order valence-corrected chi connectivity index (χ2v) is 5.83. The van der Waals surface area contributed by atoms with Crippen molar-refractivity contribution >= 4 is 5.91 Å². The molecule has 1 amide bonds. The fraction of sp³-hybridized carbons (Fsp3) is 0.562. The van der Waals surface area contributed by atoms with Crippen LogP contribution >= 0.6 is 0 Å². The molecule has 0 unspecified atom stereocenters. The summed E-state index contributed by atoms with van der Waals surface area (Å²) in [5, 5.41) is 0. The van der Waals surface area contributed by atoms with Gasteiger partial charge in [-0.3, -0.25) is 9.69 Å². The predicted octanol–water partition coefficient (Wildman–Crippen LogP) is 2.30. The Morgan fingerprint density at radius 2 is 1.95 bits per heavy atom. The van der Waals surface area contributed by atoms with E-state index in [9.17, 15) is 4.79 Å².